The van der Waals surface area contributed by atoms with Crippen LogP contribution in [0, 0.1) is 35.8 Å². The highest BCUT2D eigenvalue weighted by atomic mass is 14.7. The third-order valence-corrected chi connectivity index (χ3v) is 3.91. The molecule has 22 heavy (non-hydrogen) atoms. The fraction of sp³-hybridized carbons (Fsp3) is 0.111. The lowest BCUT2D eigenvalue weighted by atomic mass is 9.93. The van der Waals surface area contributed by atoms with Crippen LogP contribution in [0.4, 0.5) is 0 Å². The van der Waals surface area contributed by atoms with Gasteiger partial charge in [-0.2, -0.15) is 0 Å². The minimum absolute atomic E-state index is 0.0541. The number of allylic oxidation sites excluding steroid dienone is 2. The molecular weight excluding hydrogens is 272 g/mol. The zero-order valence-electron chi connectivity index (χ0n) is 11.5. The Hall–Kier alpha value is -3.60. The third kappa shape index (κ3) is 1.66. The van der Waals surface area contributed by atoms with Gasteiger partial charge in [0, 0.05) is 5.22 Å². The summed E-state index contributed by atoms with van der Waals surface area (Å²) in [6, 6.07) is 3.95. The average molecular weight is 280 g/mol. The second kappa shape index (κ2) is 5.06. The summed E-state index contributed by atoms with van der Waals surface area (Å²) in [4.78, 5) is 6.72. The molecule has 0 saturated carbocycles. The predicted octanol–water partition coefficient (Wildman–Crippen LogP) is 1.93. The average Bonchev–Trinajstić information content (AvgIpc) is 3.19. The number of hydrogen-bond donors (Lipinski definition) is 0. The van der Waals surface area contributed by atoms with Gasteiger partial charge in [0.05, 0.1) is 25.3 Å². The van der Waals surface area contributed by atoms with Crippen molar-refractivity contribution in [2.75, 3.05) is 0 Å². The van der Waals surface area contributed by atoms with E-state index in [1.54, 1.807) is 0 Å². The van der Waals surface area contributed by atoms with Gasteiger partial charge in [-0.25, -0.2) is 20.2 Å². The van der Waals surface area contributed by atoms with Gasteiger partial charge in [-0.3, -0.25) is 0 Å². The van der Waals surface area contributed by atoms with Crippen LogP contribution in [0.15, 0.2) is 12.2 Å². The molecule has 1 aromatic rings. The minimum atomic E-state index is 0.0541. The maximum absolute atomic E-state index is 9.27. The second-order valence-corrected chi connectivity index (χ2v) is 4.89. The van der Waals surface area contributed by atoms with Crippen LogP contribution in [0.2, 0.25) is 0 Å². The number of rotatable bonds is 0. The van der Waals surface area contributed by atoms with E-state index in [-0.39, 0.29) is 11.4 Å². The first kappa shape index (κ1) is 13.4. The zero-order chi connectivity index (χ0) is 15.7. The molecule has 1 aromatic carbocycles. The molecular formula is C18H8N4. The van der Waals surface area contributed by atoms with Crippen molar-refractivity contribution in [3.8, 4) is 12.1 Å². The minimum Gasteiger partial charge on any atom is -0.226 e. The molecule has 0 saturated heterocycles. The second-order valence-electron chi connectivity index (χ2n) is 4.89. The Bertz CT molecular complexity index is 976. The van der Waals surface area contributed by atoms with Crippen LogP contribution < -0.4 is 10.4 Å². The molecule has 0 radical (unpaired) electrons. The number of nitrogens with zero attached hydrogens (tertiary/aromatic N) is 4. The van der Waals surface area contributed by atoms with Crippen LogP contribution in [0.5, 0.6) is 0 Å². The molecule has 4 nitrogen and oxygen atoms in total. The molecule has 100 valence electrons. The van der Waals surface area contributed by atoms with Gasteiger partial charge >= 0.3 is 0 Å². The van der Waals surface area contributed by atoms with Crippen LogP contribution in [-0.2, 0) is 12.8 Å². The van der Waals surface area contributed by atoms with Gasteiger partial charge in [0.25, 0.3) is 11.4 Å². The summed E-state index contributed by atoms with van der Waals surface area (Å²) in [7, 11) is 0. The summed E-state index contributed by atoms with van der Waals surface area (Å²) < 4.78 is 0. The van der Waals surface area contributed by atoms with Gasteiger partial charge in [-0.05, 0) is 40.3 Å². The van der Waals surface area contributed by atoms with Crippen molar-refractivity contribution >= 4 is 23.5 Å². The number of fused-ring (bicyclic) bond motifs is 2. The fourth-order valence-electron chi connectivity index (χ4n) is 3.09. The summed E-state index contributed by atoms with van der Waals surface area (Å²) in [6.45, 7) is 14.5. The molecule has 0 N–H and O–H groups in total. The smallest absolute Gasteiger partial charge is 0.226 e. The van der Waals surface area contributed by atoms with Crippen molar-refractivity contribution in [2.45, 2.75) is 12.8 Å². The van der Waals surface area contributed by atoms with E-state index in [1.807, 2.05) is 36.4 Å². The Kier molecular flexibility index (Phi) is 3.08. The molecule has 0 amide bonds. The molecule has 0 fully saturated rings. The lowest BCUT2D eigenvalue weighted by Gasteiger charge is -2.11. The van der Waals surface area contributed by atoms with Gasteiger partial charge in [-0.1, -0.05) is 24.3 Å². The van der Waals surface area contributed by atoms with Gasteiger partial charge in [0.1, 0.15) is 0 Å². The Morgan fingerprint density at radius 2 is 1.32 bits per heavy atom. The summed E-state index contributed by atoms with van der Waals surface area (Å²) in [6.07, 6.45) is 8.86. The largest absolute Gasteiger partial charge is 0.270 e. The molecule has 0 unspecified atom stereocenters. The molecule has 0 aliphatic heterocycles. The van der Waals surface area contributed by atoms with Crippen molar-refractivity contribution in [2.24, 2.45) is 0 Å². The van der Waals surface area contributed by atoms with Crippen LogP contribution in [0.25, 0.3) is 33.2 Å². The molecule has 4 heteroatoms. The van der Waals surface area contributed by atoms with Crippen molar-refractivity contribution in [3.05, 3.63) is 67.7 Å². The molecule has 0 heterocycles. The van der Waals surface area contributed by atoms with Gasteiger partial charge in [-0.15, -0.1) is 0 Å². The third-order valence-electron chi connectivity index (χ3n) is 3.91. The Morgan fingerprint density at radius 3 is 1.73 bits per heavy atom. The first-order chi connectivity index (χ1) is 10.8. The van der Waals surface area contributed by atoms with E-state index in [0.29, 0.717) is 23.3 Å². The van der Waals surface area contributed by atoms with E-state index in [2.05, 4.69) is 9.69 Å². The topological polar surface area (TPSA) is 56.3 Å². The van der Waals surface area contributed by atoms with Crippen molar-refractivity contribution in [1.29, 1.82) is 10.5 Å². The molecule has 2 aliphatic carbocycles. The standard InChI is InChI=1S/C18H8N4/c1-21-15(9-19)17-11-5-3-7-13(11)18(16(10-20)22-2)14-8-4-6-12(14)17/h3-6H,7-8H2. The molecule has 3 rings (SSSR count). The van der Waals surface area contributed by atoms with Crippen molar-refractivity contribution in [1.82, 2.24) is 0 Å². The van der Waals surface area contributed by atoms with E-state index in [9.17, 15) is 10.5 Å². The fourth-order valence-corrected chi connectivity index (χ4v) is 3.09. The van der Waals surface area contributed by atoms with E-state index >= 15 is 0 Å². The SMILES string of the molecule is [C-]#[N+]C(C#N)=c1c2c(c(=C(C#N)[N+]#[C-])c3c1C=CC3)CC=C2. The molecule has 2 aliphatic rings. The lowest BCUT2D eigenvalue weighted by molar-refractivity contribution is 1.17. The Labute approximate surface area is 127 Å². The highest BCUT2D eigenvalue weighted by Gasteiger charge is 2.22. The molecule has 0 atom stereocenters. The van der Waals surface area contributed by atoms with Crippen LogP contribution in [-0.4, -0.2) is 0 Å². The summed E-state index contributed by atoms with van der Waals surface area (Å²) in [5, 5.41) is 19.8. The molecule has 0 bridgehead atoms. The quantitative estimate of drug-likeness (QED) is 0.682. The molecule has 0 spiro atoms. The first-order valence-electron chi connectivity index (χ1n) is 6.61. The highest BCUT2D eigenvalue weighted by Crippen LogP contribution is 2.22. The van der Waals surface area contributed by atoms with Crippen LogP contribution in [0.3, 0.4) is 0 Å². The molecule has 0 aromatic heterocycles. The summed E-state index contributed by atoms with van der Waals surface area (Å²) in [5.41, 5.74) is 3.47. The summed E-state index contributed by atoms with van der Waals surface area (Å²) >= 11 is 0. The number of nitriles is 2. The monoisotopic (exact) mass is 280 g/mol. The van der Waals surface area contributed by atoms with E-state index in [1.165, 1.54) is 0 Å². The van der Waals surface area contributed by atoms with Gasteiger partial charge in [0.2, 0.25) is 0 Å². The van der Waals surface area contributed by atoms with Crippen LogP contribution in [0.1, 0.15) is 22.3 Å². The first-order valence-corrected chi connectivity index (χ1v) is 6.61. The van der Waals surface area contributed by atoms with Crippen molar-refractivity contribution < 1.29 is 0 Å². The van der Waals surface area contributed by atoms with Crippen molar-refractivity contribution in [3.63, 3.8) is 0 Å². The summed E-state index contributed by atoms with van der Waals surface area (Å²) in [5.74, 6) is 0. The number of hydrogen-bond acceptors (Lipinski definition) is 2. The predicted molar refractivity (Wildman–Crippen MR) is 82.4 cm³/mol. The number of benzene rings is 1. The van der Waals surface area contributed by atoms with E-state index in [4.69, 9.17) is 13.1 Å². The highest BCUT2D eigenvalue weighted by molar-refractivity contribution is 5.82. The zero-order valence-corrected chi connectivity index (χ0v) is 11.5. The van der Waals surface area contributed by atoms with Gasteiger partial charge < -0.3 is 0 Å². The lowest BCUT2D eigenvalue weighted by Crippen LogP contribution is -2.27. The Balaban J connectivity index is 2.70. The van der Waals surface area contributed by atoms with E-state index < -0.39 is 0 Å². The van der Waals surface area contributed by atoms with E-state index in [0.717, 1.165) is 22.3 Å². The van der Waals surface area contributed by atoms with Crippen LogP contribution >= 0.6 is 0 Å². The Morgan fingerprint density at radius 1 is 0.864 bits per heavy atom. The van der Waals surface area contributed by atoms with Gasteiger partial charge in [0.15, 0.2) is 0 Å². The maximum Gasteiger partial charge on any atom is 0.270 e. The normalized spacial score (nSPS) is 12.5. The maximum atomic E-state index is 9.27.